The minimum Gasteiger partial charge on any atom is -0.465 e. The van der Waals surface area contributed by atoms with Crippen molar-refractivity contribution >= 4 is 17.8 Å². The lowest BCUT2D eigenvalue weighted by atomic mass is 10.1. The van der Waals surface area contributed by atoms with E-state index in [0.717, 1.165) is 45.4 Å². The number of esters is 2. The van der Waals surface area contributed by atoms with E-state index in [1.165, 1.54) is 45.3 Å². The fourth-order valence-corrected chi connectivity index (χ4v) is 4.12. The molecule has 1 N–H and O–H groups in total. The zero-order chi connectivity index (χ0) is 24.6. The van der Waals surface area contributed by atoms with Gasteiger partial charge >= 0.3 is 11.9 Å². The third-order valence-corrected chi connectivity index (χ3v) is 6.42. The highest BCUT2D eigenvalue weighted by Crippen LogP contribution is 2.10. The zero-order valence-corrected chi connectivity index (χ0v) is 21.0. The lowest BCUT2D eigenvalue weighted by Crippen LogP contribution is -2.48. The van der Waals surface area contributed by atoms with Crippen LogP contribution in [0.5, 0.6) is 0 Å². The van der Waals surface area contributed by atoms with Gasteiger partial charge in [0.25, 0.3) is 5.91 Å². The van der Waals surface area contributed by atoms with Crippen molar-refractivity contribution in [3.63, 3.8) is 0 Å². The van der Waals surface area contributed by atoms with Gasteiger partial charge < -0.3 is 29.5 Å². The van der Waals surface area contributed by atoms with E-state index in [0.29, 0.717) is 19.7 Å². The summed E-state index contributed by atoms with van der Waals surface area (Å²) >= 11 is 0. The normalized spacial score (nSPS) is 17.4. The second kappa shape index (κ2) is 16.6. The molecular formula is C25H44N4O5. The smallest absolute Gasteiger partial charge is 0.334 e. The van der Waals surface area contributed by atoms with E-state index >= 15 is 0 Å². The van der Waals surface area contributed by atoms with Gasteiger partial charge in [-0.2, -0.15) is 0 Å². The van der Waals surface area contributed by atoms with E-state index in [1.54, 1.807) is 4.90 Å². The Balaban J connectivity index is 1.41. The summed E-state index contributed by atoms with van der Waals surface area (Å²) in [5.74, 6) is -1.44. The molecule has 194 valence electrons. The summed E-state index contributed by atoms with van der Waals surface area (Å²) in [6.07, 6.45) is 7.80. The number of nitrogens with zero attached hydrogens (tertiary/aromatic N) is 3. The van der Waals surface area contributed by atoms with Crippen molar-refractivity contribution in [1.29, 1.82) is 0 Å². The maximum absolute atomic E-state index is 12.1. The predicted octanol–water partition coefficient (Wildman–Crippen LogP) is 1.43. The Hall–Kier alpha value is -1.97. The van der Waals surface area contributed by atoms with Gasteiger partial charge in [0.15, 0.2) is 6.61 Å². The third kappa shape index (κ3) is 11.9. The molecule has 0 atom stereocenters. The third-order valence-electron chi connectivity index (χ3n) is 6.42. The van der Waals surface area contributed by atoms with Gasteiger partial charge in [-0.15, -0.1) is 0 Å². The fourth-order valence-electron chi connectivity index (χ4n) is 4.12. The molecule has 34 heavy (non-hydrogen) atoms. The number of unbranched alkanes of at least 4 members (excludes halogenated alkanes) is 6. The summed E-state index contributed by atoms with van der Waals surface area (Å²) in [6.45, 7) is 12.3. The molecule has 0 bridgehead atoms. The Morgan fingerprint density at radius 3 is 2.12 bits per heavy atom. The molecule has 0 aromatic heterocycles. The molecule has 0 aromatic carbocycles. The first-order chi connectivity index (χ1) is 16.5. The molecule has 9 heteroatoms. The number of likely N-dealkylation sites (N-methyl/N-ethyl adjacent to an activating group) is 1. The lowest BCUT2D eigenvalue weighted by Gasteiger charge is -2.32. The maximum atomic E-state index is 12.1. The van der Waals surface area contributed by atoms with E-state index in [2.05, 4.69) is 21.7 Å². The van der Waals surface area contributed by atoms with E-state index in [4.69, 9.17) is 9.47 Å². The maximum Gasteiger partial charge on any atom is 0.334 e. The summed E-state index contributed by atoms with van der Waals surface area (Å²) in [5.41, 5.74) is 0.0111. The van der Waals surface area contributed by atoms with E-state index < -0.39 is 11.9 Å². The summed E-state index contributed by atoms with van der Waals surface area (Å²) in [4.78, 5) is 42.4. The number of carbonyl (C=O) groups excluding carboxylic acids is 3. The first-order valence-corrected chi connectivity index (χ1v) is 12.9. The highest BCUT2D eigenvalue weighted by atomic mass is 16.5. The first kappa shape index (κ1) is 28.3. The number of amides is 1. The molecule has 9 nitrogen and oxygen atoms in total. The molecule has 2 saturated heterocycles. The molecule has 0 unspecified atom stereocenters. The van der Waals surface area contributed by atoms with Gasteiger partial charge in [0, 0.05) is 57.9 Å². The Bertz CT molecular complexity index is 643. The van der Waals surface area contributed by atoms with Gasteiger partial charge in [-0.05, 0) is 26.4 Å². The molecule has 0 saturated carbocycles. The summed E-state index contributed by atoms with van der Waals surface area (Å²) < 4.78 is 10.2. The number of carbonyl (C=O) groups is 3. The Morgan fingerprint density at radius 1 is 0.824 bits per heavy atom. The van der Waals surface area contributed by atoms with Crippen molar-refractivity contribution < 1.29 is 23.9 Å². The molecule has 0 aliphatic carbocycles. The van der Waals surface area contributed by atoms with Crippen LogP contribution in [0, 0.1) is 0 Å². The first-order valence-electron chi connectivity index (χ1n) is 12.9. The molecule has 0 aromatic rings. The molecule has 0 radical (unpaired) electrons. The van der Waals surface area contributed by atoms with Crippen LogP contribution in [0.3, 0.4) is 0 Å². The van der Waals surface area contributed by atoms with Crippen molar-refractivity contribution in [3.05, 3.63) is 12.2 Å². The standard InChI is InChI=1S/C25H44N4O5/c1-22(25(32)34-21-23(30)29-17-15-27(2)16-18-29)20-24(31)33-19-9-7-5-3-4-6-8-12-28-13-10-26-11-14-28/h26H,1,3-21H2,2H3. The highest BCUT2D eigenvalue weighted by Gasteiger charge is 2.21. The number of nitrogens with one attached hydrogen (secondary N) is 1. The summed E-state index contributed by atoms with van der Waals surface area (Å²) in [7, 11) is 2.00. The van der Waals surface area contributed by atoms with Crippen molar-refractivity contribution in [1.82, 2.24) is 20.0 Å². The Morgan fingerprint density at radius 2 is 1.44 bits per heavy atom. The molecule has 0 spiro atoms. The zero-order valence-electron chi connectivity index (χ0n) is 21.0. The second-order valence-electron chi connectivity index (χ2n) is 9.33. The van der Waals surface area contributed by atoms with Crippen LogP contribution in [0.4, 0.5) is 0 Å². The highest BCUT2D eigenvalue weighted by molar-refractivity contribution is 5.94. The minimum atomic E-state index is -0.726. The molecular weight excluding hydrogens is 436 g/mol. The van der Waals surface area contributed by atoms with Crippen molar-refractivity contribution in [2.24, 2.45) is 0 Å². The number of hydrogen-bond donors (Lipinski definition) is 1. The van der Waals surface area contributed by atoms with E-state index in [1.807, 2.05) is 7.05 Å². The van der Waals surface area contributed by atoms with Crippen LogP contribution < -0.4 is 5.32 Å². The lowest BCUT2D eigenvalue weighted by molar-refractivity contribution is -0.151. The topological polar surface area (TPSA) is 91.4 Å². The van der Waals surface area contributed by atoms with Crippen LogP contribution in [0.2, 0.25) is 0 Å². The van der Waals surface area contributed by atoms with Crippen LogP contribution in [0.1, 0.15) is 51.4 Å². The van der Waals surface area contributed by atoms with Crippen LogP contribution in [-0.2, 0) is 23.9 Å². The van der Waals surface area contributed by atoms with E-state index in [9.17, 15) is 14.4 Å². The largest absolute Gasteiger partial charge is 0.465 e. The van der Waals surface area contributed by atoms with E-state index in [-0.39, 0.29) is 24.5 Å². The quantitative estimate of drug-likeness (QED) is 0.214. The van der Waals surface area contributed by atoms with Crippen LogP contribution in [-0.4, -0.2) is 112 Å². The molecule has 2 aliphatic heterocycles. The van der Waals surface area contributed by atoms with Gasteiger partial charge in [-0.25, -0.2) is 4.79 Å². The van der Waals surface area contributed by atoms with Crippen molar-refractivity contribution in [2.75, 3.05) is 79.2 Å². The fraction of sp³-hybridized carbons (Fsp3) is 0.800. The predicted molar refractivity (Wildman–Crippen MR) is 131 cm³/mol. The van der Waals surface area contributed by atoms with Gasteiger partial charge in [-0.3, -0.25) is 9.59 Å². The number of rotatable bonds is 15. The van der Waals surface area contributed by atoms with Crippen molar-refractivity contribution in [3.8, 4) is 0 Å². The van der Waals surface area contributed by atoms with Crippen LogP contribution in [0.15, 0.2) is 12.2 Å². The molecule has 2 fully saturated rings. The summed E-state index contributed by atoms with van der Waals surface area (Å²) in [5, 5.41) is 3.38. The molecule has 2 heterocycles. The summed E-state index contributed by atoms with van der Waals surface area (Å²) in [6, 6.07) is 0. The van der Waals surface area contributed by atoms with Gasteiger partial charge in [0.2, 0.25) is 0 Å². The minimum absolute atomic E-state index is 0.0111. The Labute approximate surface area is 204 Å². The van der Waals surface area contributed by atoms with Gasteiger partial charge in [-0.1, -0.05) is 38.7 Å². The van der Waals surface area contributed by atoms with Gasteiger partial charge in [0.1, 0.15) is 0 Å². The number of ether oxygens (including phenoxy) is 2. The monoisotopic (exact) mass is 480 g/mol. The average Bonchev–Trinajstić information content (AvgIpc) is 2.84. The molecule has 2 aliphatic rings. The van der Waals surface area contributed by atoms with Crippen LogP contribution >= 0.6 is 0 Å². The van der Waals surface area contributed by atoms with Crippen LogP contribution in [0.25, 0.3) is 0 Å². The number of piperazine rings is 2. The molecule has 2 rings (SSSR count). The SMILES string of the molecule is C=C(CC(=O)OCCCCCCCCCN1CCNCC1)C(=O)OCC(=O)N1CCN(C)CC1. The van der Waals surface area contributed by atoms with Crippen molar-refractivity contribution in [2.45, 2.75) is 51.4 Å². The second-order valence-corrected chi connectivity index (χ2v) is 9.33. The van der Waals surface area contributed by atoms with Gasteiger partial charge in [0.05, 0.1) is 13.0 Å². The molecule has 1 amide bonds. The Kier molecular flexibility index (Phi) is 13.8. The average molecular weight is 481 g/mol. The number of hydrogen-bond acceptors (Lipinski definition) is 8.